The Morgan fingerprint density at radius 1 is 0.967 bits per heavy atom. The third kappa shape index (κ3) is 3.66. The molecule has 0 radical (unpaired) electrons. The van der Waals surface area contributed by atoms with Crippen LogP contribution in [0, 0.1) is 6.92 Å². The van der Waals surface area contributed by atoms with E-state index in [2.05, 4.69) is 14.8 Å². The molecule has 1 aromatic carbocycles. The zero-order chi connectivity index (χ0) is 20.5. The monoisotopic (exact) mass is 404 g/mol. The molecule has 2 aromatic heterocycles. The quantitative estimate of drug-likeness (QED) is 0.640. The van der Waals surface area contributed by atoms with Gasteiger partial charge in [-0.05, 0) is 56.9 Å². The van der Waals surface area contributed by atoms with E-state index in [1.54, 1.807) is 0 Å². The van der Waals surface area contributed by atoms with Crippen LogP contribution in [0.2, 0.25) is 0 Å². The number of nitrogens with zero attached hydrogens (tertiary/aromatic N) is 4. The lowest BCUT2D eigenvalue weighted by molar-refractivity contribution is 0.0710. The maximum Gasteiger partial charge on any atom is 0.253 e. The highest BCUT2D eigenvalue weighted by Crippen LogP contribution is 2.30. The van der Waals surface area contributed by atoms with Crippen LogP contribution in [0.1, 0.15) is 65.8 Å². The summed E-state index contributed by atoms with van der Waals surface area (Å²) in [5.74, 6) is 4.51. The normalized spacial score (nSPS) is 17.6. The standard InChI is InChI=1S/C24H28N4O2/c1-17-6-11-21(30-17)18-7-9-20(10-8-18)24(29)27-15-12-19(13-16-27)23-26-25-22-5-3-2-4-14-28(22)23/h6-11,19H,2-5,12-16H2,1H3. The van der Waals surface area contributed by atoms with E-state index in [0.29, 0.717) is 5.92 Å². The fraction of sp³-hybridized carbons (Fsp3) is 0.458. The van der Waals surface area contributed by atoms with Gasteiger partial charge < -0.3 is 13.9 Å². The molecule has 1 amide bonds. The number of fused-ring (bicyclic) bond motifs is 1. The topological polar surface area (TPSA) is 64.2 Å². The third-order valence-electron chi connectivity index (χ3n) is 6.44. The number of hydrogen-bond donors (Lipinski definition) is 0. The Bertz CT molecular complexity index is 1030. The minimum Gasteiger partial charge on any atom is -0.461 e. The summed E-state index contributed by atoms with van der Waals surface area (Å²) in [7, 11) is 0. The van der Waals surface area contributed by atoms with Gasteiger partial charge in [-0.25, -0.2) is 0 Å². The first kappa shape index (κ1) is 19.1. The second-order valence-electron chi connectivity index (χ2n) is 8.49. The summed E-state index contributed by atoms with van der Waals surface area (Å²) in [6.45, 7) is 4.51. The molecule has 1 saturated heterocycles. The summed E-state index contributed by atoms with van der Waals surface area (Å²) in [6, 6.07) is 11.6. The zero-order valence-electron chi connectivity index (χ0n) is 17.5. The van der Waals surface area contributed by atoms with Crippen LogP contribution >= 0.6 is 0 Å². The van der Waals surface area contributed by atoms with Gasteiger partial charge in [0.2, 0.25) is 0 Å². The number of aryl methyl sites for hydroxylation is 2. The highest BCUT2D eigenvalue weighted by molar-refractivity contribution is 5.94. The van der Waals surface area contributed by atoms with Crippen molar-refractivity contribution in [3.63, 3.8) is 0 Å². The van der Waals surface area contributed by atoms with Gasteiger partial charge in [0.25, 0.3) is 5.91 Å². The number of benzene rings is 1. The largest absolute Gasteiger partial charge is 0.461 e. The number of carbonyl (C=O) groups is 1. The minimum absolute atomic E-state index is 0.107. The minimum atomic E-state index is 0.107. The number of rotatable bonds is 3. The van der Waals surface area contributed by atoms with Crippen LogP contribution in [0.4, 0.5) is 0 Å². The molecule has 0 aliphatic carbocycles. The van der Waals surface area contributed by atoms with Crippen molar-refractivity contribution in [2.75, 3.05) is 13.1 Å². The van der Waals surface area contributed by atoms with Crippen LogP contribution < -0.4 is 0 Å². The molecule has 0 saturated carbocycles. The molecule has 0 spiro atoms. The van der Waals surface area contributed by atoms with Crippen LogP contribution in [0.25, 0.3) is 11.3 Å². The van der Waals surface area contributed by atoms with E-state index in [1.165, 1.54) is 19.3 Å². The van der Waals surface area contributed by atoms with Gasteiger partial charge in [0.1, 0.15) is 23.2 Å². The smallest absolute Gasteiger partial charge is 0.253 e. The average molecular weight is 405 g/mol. The lowest BCUT2D eigenvalue weighted by Crippen LogP contribution is -2.38. The lowest BCUT2D eigenvalue weighted by atomic mass is 9.95. The van der Waals surface area contributed by atoms with Gasteiger partial charge in [-0.3, -0.25) is 4.79 Å². The summed E-state index contributed by atoms with van der Waals surface area (Å²) in [5.41, 5.74) is 1.72. The number of piperidine rings is 1. The predicted octanol–water partition coefficient (Wildman–Crippen LogP) is 4.59. The highest BCUT2D eigenvalue weighted by Gasteiger charge is 2.29. The molecule has 2 aliphatic rings. The van der Waals surface area contributed by atoms with Gasteiger partial charge in [0.15, 0.2) is 0 Å². The number of hydrogen-bond acceptors (Lipinski definition) is 4. The molecule has 0 unspecified atom stereocenters. The van der Waals surface area contributed by atoms with Crippen molar-refractivity contribution in [1.29, 1.82) is 0 Å². The number of carbonyl (C=O) groups excluding carboxylic acids is 1. The Kier molecular flexibility index (Phi) is 5.15. The van der Waals surface area contributed by atoms with Crippen molar-refractivity contribution in [2.24, 2.45) is 0 Å². The number of likely N-dealkylation sites (tertiary alicyclic amines) is 1. The van der Waals surface area contributed by atoms with Crippen molar-refractivity contribution >= 4 is 5.91 Å². The van der Waals surface area contributed by atoms with Crippen molar-refractivity contribution in [1.82, 2.24) is 19.7 Å². The van der Waals surface area contributed by atoms with Crippen molar-refractivity contribution < 1.29 is 9.21 Å². The van der Waals surface area contributed by atoms with Crippen molar-refractivity contribution in [3.05, 3.63) is 59.4 Å². The molecule has 4 heterocycles. The van der Waals surface area contributed by atoms with Crippen molar-refractivity contribution in [3.8, 4) is 11.3 Å². The lowest BCUT2D eigenvalue weighted by Gasteiger charge is -2.31. The maximum absolute atomic E-state index is 13.0. The maximum atomic E-state index is 13.0. The van der Waals surface area contributed by atoms with E-state index >= 15 is 0 Å². The fourth-order valence-corrected chi connectivity index (χ4v) is 4.70. The fourth-order valence-electron chi connectivity index (χ4n) is 4.70. The van der Waals surface area contributed by atoms with Gasteiger partial charge in [-0.15, -0.1) is 10.2 Å². The number of amides is 1. The molecule has 0 bridgehead atoms. The Balaban J connectivity index is 1.23. The molecule has 5 rings (SSSR count). The first-order chi connectivity index (χ1) is 14.7. The first-order valence-electron chi connectivity index (χ1n) is 11.1. The molecule has 3 aromatic rings. The van der Waals surface area contributed by atoms with Gasteiger partial charge in [0.05, 0.1) is 0 Å². The number of furan rings is 1. The SMILES string of the molecule is Cc1ccc(-c2ccc(C(=O)N3CCC(c4nnc5n4CCCCC5)CC3)cc2)o1. The Morgan fingerprint density at radius 2 is 1.77 bits per heavy atom. The van der Waals surface area contributed by atoms with E-state index in [0.717, 1.165) is 73.2 Å². The van der Waals surface area contributed by atoms with Crippen LogP contribution in [0.5, 0.6) is 0 Å². The summed E-state index contributed by atoms with van der Waals surface area (Å²) in [4.78, 5) is 15.0. The van der Waals surface area contributed by atoms with E-state index < -0.39 is 0 Å². The summed E-state index contributed by atoms with van der Waals surface area (Å²) >= 11 is 0. The molecule has 6 heteroatoms. The molecular weight excluding hydrogens is 376 g/mol. The molecule has 0 N–H and O–H groups in total. The first-order valence-corrected chi connectivity index (χ1v) is 11.1. The summed E-state index contributed by atoms with van der Waals surface area (Å²) in [6.07, 6.45) is 6.64. The molecule has 2 aliphatic heterocycles. The zero-order valence-corrected chi connectivity index (χ0v) is 17.5. The van der Waals surface area contributed by atoms with Crippen LogP contribution in [0.15, 0.2) is 40.8 Å². The summed E-state index contributed by atoms with van der Waals surface area (Å²) in [5, 5.41) is 8.99. The second kappa shape index (κ2) is 8.09. The Hall–Kier alpha value is -2.89. The van der Waals surface area contributed by atoms with E-state index in [9.17, 15) is 4.79 Å². The third-order valence-corrected chi connectivity index (χ3v) is 6.44. The van der Waals surface area contributed by atoms with Crippen LogP contribution in [-0.2, 0) is 13.0 Å². The van der Waals surface area contributed by atoms with Gasteiger partial charge in [-0.2, -0.15) is 0 Å². The van der Waals surface area contributed by atoms with Gasteiger partial charge in [0, 0.05) is 43.1 Å². The molecule has 0 atom stereocenters. The molecule has 1 fully saturated rings. The van der Waals surface area contributed by atoms with Crippen LogP contribution in [-0.4, -0.2) is 38.7 Å². The van der Waals surface area contributed by atoms with E-state index in [-0.39, 0.29) is 5.91 Å². The Labute approximate surface area is 176 Å². The van der Waals surface area contributed by atoms with Crippen LogP contribution in [0.3, 0.4) is 0 Å². The van der Waals surface area contributed by atoms with Crippen molar-refractivity contribution in [2.45, 2.75) is 57.9 Å². The average Bonchev–Trinajstić information content (AvgIpc) is 3.33. The molecule has 6 nitrogen and oxygen atoms in total. The molecular formula is C24H28N4O2. The van der Waals surface area contributed by atoms with Gasteiger partial charge >= 0.3 is 0 Å². The Morgan fingerprint density at radius 3 is 2.50 bits per heavy atom. The highest BCUT2D eigenvalue weighted by atomic mass is 16.3. The van der Waals surface area contributed by atoms with Gasteiger partial charge in [-0.1, -0.05) is 18.6 Å². The summed E-state index contributed by atoms with van der Waals surface area (Å²) < 4.78 is 8.02. The molecule has 30 heavy (non-hydrogen) atoms. The second-order valence-corrected chi connectivity index (χ2v) is 8.49. The van der Waals surface area contributed by atoms with E-state index in [1.807, 2.05) is 48.2 Å². The molecule has 156 valence electrons. The predicted molar refractivity (Wildman–Crippen MR) is 114 cm³/mol. The number of aromatic nitrogens is 3. The van der Waals surface area contributed by atoms with E-state index in [4.69, 9.17) is 4.42 Å².